The molecule has 1 aliphatic rings. The van der Waals surface area contributed by atoms with Crippen LogP contribution in [0.5, 0.6) is 11.5 Å². The Morgan fingerprint density at radius 1 is 1.11 bits per heavy atom. The molecule has 27 heavy (non-hydrogen) atoms. The monoisotopic (exact) mass is 367 g/mol. The maximum atomic E-state index is 12.2. The summed E-state index contributed by atoms with van der Waals surface area (Å²) in [6.45, 7) is 1.27. The van der Waals surface area contributed by atoms with Crippen molar-refractivity contribution in [2.75, 3.05) is 37.5 Å². The molecular formula is C20H21N3O4. The molecule has 1 aliphatic heterocycles. The number of carbonyl (C=O) groups excluding carboxylic acids is 2. The second-order valence-electron chi connectivity index (χ2n) is 5.90. The standard InChI is InChI=1S/C20H21N3O4/c1-26-17-11-14(12-18(13-17)27-2)3-8-19(24)22-15-4-6-16(7-5-15)23-10-9-21-20(23)25/h3-8,11-13H,9-10H2,1-2H3,(H,21,25)(H,22,24)/b8-3+. The molecule has 1 saturated heterocycles. The van der Waals surface area contributed by atoms with Crippen molar-refractivity contribution >= 4 is 29.4 Å². The number of amides is 3. The molecule has 7 nitrogen and oxygen atoms in total. The van der Waals surface area contributed by atoms with E-state index in [-0.39, 0.29) is 11.9 Å². The normalized spacial score (nSPS) is 13.6. The number of urea groups is 1. The van der Waals surface area contributed by atoms with Gasteiger partial charge in [-0.25, -0.2) is 4.79 Å². The van der Waals surface area contributed by atoms with Crippen LogP contribution in [0, 0.1) is 0 Å². The highest BCUT2D eigenvalue weighted by Gasteiger charge is 2.20. The van der Waals surface area contributed by atoms with Gasteiger partial charge in [0.25, 0.3) is 0 Å². The lowest BCUT2D eigenvalue weighted by Crippen LogP contribution is -2.27. The average molecular weight is 367 g/mol. The van der Waals surface area contributed by atoms with Crippen molar-refractivity contribution in [3.05, 3.63) is 54.1 Å². The van der Waals surface area contributed by atoms with E-state index in [1.54, 1.807) is 55.5 Å². The van der Waals surface area contributed by atoms with Crippen LogP contribution in [0.2, 0.25) is 0 Å². The summed E-state index contributed by atoms with van der Waals surface area (Å²) in [4.78, 5) is 25.5. The zero-order valence-electron chi connectivity index (χ0n) is 15.2. The quantitative estimate of drug-likeness (QED) is 0.770. The molecule has 140 valence electrons. The van der Waals surface area contributed by atoms with Crippen molar-refractivity contribution in [2.45, 2.75) is 0 Å². The molecule has 0 spiro atoms. The number of ether oxygens (including phenoxy) is 2. The van der Waals surface area contributed by atoms with E-state index < -0.39 is 0 Å². The van der Waals surface area contributed by atoms with E-state index >= 15 is 0 Å². The summed E-state index contributed by atoms with van der Waals surface area (Å²) in [6.07, 6.45) is 3.12. The van der Waals surface area contributed by atoms with Gasteiger partial charge >= 0.3 is 6.03 Å². The van der Waals surface area contributed by atoms with Crippen molar-refractivity contribution in [3.8, 4) is 11.5 Å². The first kappa shape index (κ1) is 18.3. The Hall–Kier alpha value is -3.48. The molecule has 0 aliphatic carbocycles. The fourth-order valence-corrected chi connectivity index (χ4v) is 2.72. The van der Waals surface area contributed by atoms with Crippen molar-refractivity contribution in [2.24, 2.45) is 0 Å². The number of methoxy groups -OCH3 is 2. The van der Waals surface area contributed by atoms with Crippen LogP contribution in [0.15, 0.2) is 48.5 Å². The predicted molar refractivity (Wildman–Crippen MR) is 104 cm³/mol. The van der Waals surface area contributed by atoms with Crippen molar-refractivity contribution < 1.29 is 19.1 Å². The Balaban J connectivity index is 1.63. The van der Waals surface area contributed by atoms with Crippen molar-refractivity contribution in [1.82, 2.24) is 5.32 Å². The minimum Gasteiger partial charge on any atom is -0.497 e. The summed E-state index contributed by atoms with van der Waals surface area (Å²) in [5.41, 5.74) is 2.23. The molecule has 1 heterocycles. The highest BCUT2D eigenvalue weighted by Crippen LogP contribution is 2.23. The van der Waals surface area contributed by atoms with Gasteiger partial charge in [0.2, 0.25) is 5.91 Å². The molecule has 1 fully saturated rings. The number of benzene rings is 2. The second-order valence-corrected chi connectivity index (χ2v) is 5.90. The van der Waals surface area contributed by atoms with Crippen LogP contribution in [0.4, 0.5) is 16.2 Å². The molecule has 0 radical (unpaired) electrons. The summed E-state index contributed by atoms with van der Waals surface area (Å²) < 4.78 is 10.4. The first-order valence-electron chi connectivity index (χ1n) is 8.46. The third kappa shape index (κ3) is 4.58. The van der Waals surface area contributed by atoms with Gasteiger partial charge in [-0.05, 0) is 48.0 Å². The van der Waals surface area contributed by atoms with Gasteiger partial charge < -0.3 is 20.1 Å². The average Bonchev–Trinajstić information content (AvgIpc) is 3.12. The van der Waals surface area contributed by atoms with Crippen LogP contribution in [-0.2, 0) is 4.79 Å². The fourth-order valence-electron chi connectivity index (χ4n) is 2.72. The minimum absolute atomic E-state index is 0.108. The number of nitrogens with one attached hydrogen (secondary N) is 2. The van der Waals surface area contributed by atoms with E-state index in [0.717, 1.165) is 11.3 Å². The van der Waals surface area contributed by atoms with E-state index in [0.29, 0.717) is 30.3 Å². The summed E-state index contributed by atoms with van der Waals surface area (Å²) in [5, 5.41) is 5.54. The van der Waals surface area contributed by atoms with Gasteiger partial charge in [0, 0.05) is 36.6 Å². The maximum absolute atomic E-state index is 12.2. The van der Waals surface area contributed by atoms with Gasteiger partial charge in [-0.3, -0.25) is 9.69 Å². The molecule has 3 rings (SSSR count). The van der Waals surface area contributed by atoms with Gasteiger partial charge in [0.15, 0.2) is 0 Å². The van der Waals surface area contributed by atoms with Gasteiger partial charge in [-0.15, -0.1) is 0 Å². The van der Waals surface area contributed by atoms with Crippen LogP contribution < -0.4 is 25.0 Å². The Bertz CT molecular complexity index is 840. The van der Waals surface area contributed by atoms with E-state index in [1.165, 1.54) is 6.08 Å². The molecule has 0 saturated carbocycles. The van der Waals surface area contributed by atoms with Crippen LogP contribution in [0.25, 0.3) is 6.08 Å². The number of hydrogen-bond donors (Lipinski definition) is 2. The van der Waals surface area contributed by atoms with Crippen molar-refractivity contribution in [1.29, 1.82) is 0 Å². The Labute approximate surface area is 157 Å². The largest absolute Gasteiger partial charge is 0.497 e. The molecular weight excluding hydrogens is 346 g/mol. The van der Waals surface area contributed by atoms with E-state index in [1.807, 2.05) is 12.1 Å². The maximum Gasteiger partial charge on any atom is 0.321 e. The second kappa shape index (κ2) is 8.27. The number of nitrogens with zero attached hydrogens (tertiary/aromatic N) is 1. The molecule has 0 unspecified atom stereocenters. The number of carbonyl (C=O) groups is 2. The lowest BCUT2D eigenvalue weighted by molar-refractivity contribution is -0.111. The molecule has 0 atom stereocenters. The molecule has 7 heteroatoms. The smallest absolute Gasteiger partial charge is 0.321 e. The number of anilines is 2. The Morgan fingerprint density at radius 3 is 2.33 bits per heavy atom. The highest BCUT2D eigenvalue weighted by molar-refractivity contribution is 6.02. The number of hydrogen-bond acceptors (Lipinski definition) is 4. The summed E-state index contributed by atoms with van der Waals surface area (Å²) in [7, 11) is 3.15. The molecule has 2 N–H and O–H groups in total. The first-order valence-corrected chi connectivity index (χ1v) is 8.46. The predicted octanol–water partition coefficient (Wildman–Crippen LogP) is 2.89. The van der Waals surface area contributed by atoms with Gasteiger partial charge in [0.05, 0.1) is 14.2 Å². The van der Waals surface area contributed by atoms with Crippen LogP contribution >= 0.6 is 0 Å². The third-order valence-electron chi connectivity index (χ3n) is 4.10. The van der Waals surface area contributed by atoms with Crippen LogP contribution in [0.3, 0.4) is 0 Å². The third-order valence-corrected chi connectivity index (χ3v) is 4.10. The minimum atomic E-state index is -0.261. The Morgan fingerprint density at radius 2 is 1.78 bits per heavy atom. The number of rotatable bonds is 6. The van der Waals surface area contributed by atoms with E-state index in [9.17, 15) is 9.59 Å². The van der Waals surface area contributed by atoms with Gasteiger partial charge in [-0.2, -0.15) is 0 Å². The van der Waals surface area contributed by atoms with Gasteiger partial charge in [0.1, 0.15) is 11.5 Å². The lowest BCUT2D eigenvalue weighted by atomic mass is 10.2. The van der Waals surface area contributed by atoms with Gasteiger partial charge in [-0.1, -0.05) is 0 Å². The van der Waals surface area contributed by atoms with E-state index in [4.69, 9.17) is 9.47 Å². The van der Waals surface area contributed by atoms with Crippen LogP contribution in [0.1, 0.15) is 5.56 Å². The van der Waals surface area contributed by atoms with Crippen molar-refractivity contribution in [3.63, 3.8) is 0 Å². The SMILES string of the molecule is COc1cc(/C=C/C(=O)Nc2ccc(N3CCNC3=O)cc2)cc(OC)c1. The van der Waals surface area contributed by atoms with Crippen LogP contribution in [-0.4, -0.2) is 39.2 Å². The Kier molecular flexibility index (Phi) is 5.61. The molecule has 3 amide bonds. The highest BCUT2D eigenvalue weighted by atomic mass is 16.5. The molecule has 2 aromatic carbocycles. The van der Waals surface area contributed by atoms with E-state index in [2.05, 4.69) is 10.6 Å². The molecule has 0 aromatic heterocycles. The first-order chi connectivity index (χ1) is 13.1. The zero-order chi connectivity index (χ0) is 19.2. The molecule has 2 aromatic rings. The zero-order valence-corrected chi connectivity index (χ0v) is 15.2. The lowest BCUT2D eigenvalue weighted by Gasteiger charge is -2.14. The fraction of sp³-hybridized carbons (Fsp3) is 0.200. The summed E-state index contributed by atoms with van der Waals surface area (Å²) >= 11 is 0. The topological polar surface area (TPSA) is 79.9 Å². The summed E-state index contributed by atoms with van der Waals surface area (Å²) in [5.74, 6) is 1.04. The molecule has 0 bridgehead atoms. The summed E-state index contributed by atoms with van der Waals surface area (Å²) in [6, 6.07) is 12.4.